The number of fused-ring (bicyclic) bond motifs is 6. The van der Waals surface area contributed by atoms with Crippen molar-refractivity contribution in [2.45, 2.75) is 137 Å². The van der Waals surface area contributed by atoms with Crippen LogP contribution < -0.4 is 9.47 Å². The van der Waals surface area contributed by atoms with Gasteiger partial charge in [-0.15, -0.1) is 0 Å². The Morgan fingerprint density at radius 1 is 0.788 bits per heavy atom. The van der Waals surface area contributed by atoms with E-state index in [4.69, 9.17) is 9.47 Å². The molecular weight excluding hydrogens is 656 g/mol. The van der Waals surface area contributed by atoms with Crippen molar-refractivity contribution < 1.29 is 39.5 Å². The second kappa shape index (κ2) is 15.3. The molecule has 3 aromatic carbocycles. The lowest BCUT2D eigenvalue weighted by Crippen LogP contribution is -2.45. The molecule has 3 aliphatic rings. The minimum atomic E-state index is -1.10. The van der Waals surface area contributed by atoms with E-state index in [1.807, 2.05) is 45.0 Å². The number of hydrogen-bond donors (Lipinski definition) is 4. The zero-order valence-electron chi connectivity index (χ0n) is 32.1. The number of aryl methyl sites for hydroxylation is 3. The summed E-state index contributed by atoms with van der Waals surface area (Å²) in [6.07, 6.45) is 11.4. The van der Waals surface area contributed by atoms with Crippen LogP contribution in [0.5, 0.6) is 23.0 Å². The second-order valence-electron chi connectivity index (χ2n) is 15.9. The van der Waals surface area contributed by atoms with Gasteiger partial charge in [0, 0.05) is 23.0 Å². The van der Waals surface area contributed by atoms with Gasteiger partial charge in [0.05, 0.1) is 5.56 Å². The first kappa shape index (κ1) is 38.8. The van der Waals surface area contributed by atoms with E-state index in [9.17, 15) is 30.0 Å². The van der Waals surface area contributed by atoms with E-state index in [0.29, 0.717) is 46.6 Å². The highest BCUT2D eigenvalue weighted by Gasteiger charge is 2.46. The molecule has 4 N–H and O–H groups in total. The fourth-order valence-electron chi connectivity index (χ4n) is 8.37. The zero-order chi connectivity index (χ0) is 38.1. The number of ether oxygens (including phenoxy) is 2. The van der Waals surface area contributed by atoms with Crippen LogP contribution in [0.4, 0.5) is 0 Å². The van der Waals surface area contributed by atoms with Crippen molar-refractivity contribution in [1.29, 1.82) is 0 Å². The van der Waals surface area contributed by atoms with E-state index in [1.165, 1.54) is 5.57 Å². The molecule has 1 unspecified atom stereocenters. The van der Waals surface area contributed by atoms with Crippen molar-refractivity contribution in [2.75, 3.05) is 0 Å². The fourth-order valence-corrected chi connectivity index (χ4v) is 8.37. The molecule has 6 rings (SSSR count). The minimum Gasteiger partial charge on any atom is -0.507 e. The van der Waals surface area contributed by atoms with E-state index >= 15 is 0 Å². The zero-order valence-corrected chi connectivity index (χ0v) is 32.1. The van der Waals surface area contributed by atoms with Crippen molar-refractivity contribution in [3.63, 3.8) is 0 Å². The highest BCUT2D eigenvalue weighted by atomic mass is 16.5. The molecule has 1 aliphatic carbocycles. The average Bonchev–Trinajstić information content (AvgIpc) is 3.03. The smallest absolute Gasteiger partial charge is 0.339 e. The van der Waals surface area contributed by atoms with Gasteiger partial charge in [-0.2, -0.15) is 0 Å². The number of aromatic hydroxyl groups is 2. The van der Waals surface area contributed by atoms with Crippen LogP contribution in [-0.4, -0.2) is 38.0 Å². The molecule has 0 saturated heterocycles. The Kier molecular flexibility index (Phi) is 11.4. The van der Waals surface area contributed by atoms with Crippen molar-refractivity contribution >= 4 is 11.9 Å². The Balaban J connectivity index is 0.000000201. The molecular formula is C44H56O8. The topological polar surface area (TPSA) is 134 Å². The van der Waals surface area contributed by atoms with E-state index in [2.05, 4.69) is 40.7 Å². The molecule has 0 fully saturated rings. The minimum absolute atomic E-state index is 0.00406. The summed E-state index contributed by atoms with van der Waals surface area (Å²) in [5, 5.41) is 41.3. The normalized spacial score (nSPS) is 18.9. The molecule has 2 aliphatic heterocycles. The van der Waals surface area contributed by atoms with Crippen LogP contribution in [0, 0.1) is 12.8 Å². The van der Waals surface area contributed by atoms with Crippen molar-refractivity contribution in [2.24, 2.45) is 5.92 Å². The number of carbonyl (C=O) groups is 2. The van der Waals surface area contributed by atoms with Gasteiger partial charge in [0.25, 0.3) is 0 Å². The van der Waals surface area contributed by atoms with Crippen LogP contribution in [0.25, 0.3) is 11.1 Å². The molecule has 2 heterocycles. The Bertz CT molecular complexity index is 1880. The van der Waals surface area contributed by atoms with E-state index in [-0.39, 0.29) is 40.1 Å². The lowest BCUT2D eigenvalue weighted by Gasteiger charge is -2.46. The molecule has 0 spiro atoms. The standard InChI is InChI=1S/C22H30O4.C22H26O4/c2*1-5-6-7-8-14-12-17-19(20(23)18(14)21(24)25)15-11-13(2)9-10-16(15)22(3,4)26-17/h11-12,15-16,23H,5-10H2,1-4H3,(H,24,25);9-12,23H,5-8H2,1-4H3,(H,24,25)/t15-,16?;/m1./s1. The van der Waals surface area contributed by atoms with Gasteiger partial charge < -0.3 is 29.9 Å². The van der Waals surface area contributed by atoms with Gasteiger partial charge in [0.2, 0.25) is 0 Å². The molecule has 0 amide bonds. The third kappa shape index (κ3) is 7.53. The van der Waals surface area contributed by atoms with Crippen LogP contribution in [0.2, 0.25) is 0 Å². The van der Waals surface area contributed by atoms with Gasteiger partial charge in [-0.1, -0.05) is 74.9 Å². The van der Waals surface area contributed by atoms with Crippen molar-refractivity contribution in [3.05, 3.63) is 80.9 Å². The van der Waals surface area contributed by atoms with E-state index in [1.54, 1.807) is 6.07 Å². The highest BCUT2D eigenvalue weighted by Crippen LogP contribution is 2.55. The molecule has 8 heteroatoms. The molecule has 2 atom stereocenters. The average molecular weight is 713 g/mol. The summed E-state index contributed by atoms with van der Waals surface area (Å²) in [6.45, 7) is 16.5. The summed E-state index contributed by atoms with van der Waals surface area (Å²) in [5.41, 5.74) is 5.74. The molecule has 0 saturated carbocycles. The van der Waals surface area contributed by atoms with E-state index in [0.717, 1.165) is 68.1 Å². The monoisotopic (exact) mass is 712 g/mol. The lowest BCUT2D eigenvalue weighted by molar-refractivity contribution is 0.0106. The van der Waals surface area contributed by atoms with Gasteiger partial charge >= 0.3 is 11.9 Å². The van der Waals surface area contributed by atoms with Crippen LogP contribution in [0.1, 0.15) is 154 Å². The summed E-state index contributed by atoms with van der Waals surface area (Å²) in [5.74, 6) is -1.01. The van der Waals surface area contributed by atoms with Crippen LogP contribution >= 0.6 is 0 Å². The quantitative estimate of drug-likeness (QED) is 0.121. The summed E-state index contributed by atoms with van der Waals surface area (Å²) >= 11 is 0. The van der Waals surface area contributed by atoms with Gasteiger partial charge in [-0.05, 0) is 109 Å². The number of hydrogen-bond acceptors (Lipinski definition) is 6. The number of carboxylic acids is 2. The van der Waals surface area contributed by atoms with Gasteiger partial charge in [-0.3, -0.25) is 0 Å². The Hall–Kier alpha value is -4.46. The summed E-state index contributed by atoms with van der Waals surface area (Å²) < 4.78 is 12.5. The van der Waals surface area contributed by atoms with Crippen LogP contribution in [0.15, 0.2) is 42.0 Å². The first-order chi connectivity index (χ1) is 24.5. The number of unbranched alkanes of at least 4 members (excludes halogenated alkanes) is 4. The predicted molar refractivity (Wildman–Crippen MR) is 204 cm³/mol. The Morgan fingerprint density at radius 2 is 1.37 bits per heavy atom. The third-order valence-electron chi connectivity index (χ3n) is 11.1. The first-order valence-electron chi connectivity index (χ1n) is 18.9. The Labute approximate surface area is 308 Å². The lowest BCUT2D eigenvalue weighted by atomic mass is 9.67. The molecule has 280 valence electrons. The Morgan fingerprint density at radius 3 is 1.94 bits per heavy atom. The summed E-state index contributed by atoms with van der Waals surface area (Å²) in [7, 11) is 0. The number of allylic oxidation sites excluding steroid dienone is 2. The number of rotatable bonds is 10. The number of aromatic carboxylic acids is 2. The molecule has 3 aromatic rings. The van der Waals surface area contributed by atoms with E-state index < -0.39 is 17.5 Å². The van der Waals surface area contributed by atoms with Crippen molar-refractivity contribution in [3.8, 4) is 34.1 Å². The first-order valence-corrected chi connectivity index (χ1v) is 18.9. The van der Waals surface area contributed by atoms with Gasteiger partial charge in [0.1, 0.15) is 45.3 Å². The van der Waals surface area contributed by atoms with Crippen LogP contribution in [0.3, 0.4) is 0 Å². The number of phenols is 2. The second-order valence-corrected chi connectivity index (χ2v) is 15.9. The fraction of sp³-hybridized carbons (Fsp3) is 0.500. The number of benzene rings is 3. The molecule has 52 heavy (non-hydrogen) atoms. The molecule has 0 bridgehead atoms. The maximum absolute atomic E-state index is 11.9. The number of carboxylic acid groups (broad SMARTS) is 2. The van der Waals surface area contributed by atoms with Crippen LogP contribution in [-0.2, 0) is 18.4 Å². The predicted octanol–water partition coefficient (Wildman–Crippen LogP) is 10.9. The van der Waals surface area contributed by atoms with Gasteiger partial charge in [0.15, 0.2) is 0 Å². The molecule has 0 aromatic heterocycles. The summed E-state index contributed by atoms with van der Waals surface area (Å²) in [6, 6.07) is 9.65. The SMILES string of the molecule is CCCCCc1cc2c(c(O)c1C(=O)O)-c1cc(C)ccc1C(C)(C)O2.CCCCCc1cc2c(c(O)c1C(=O)O)[C@@H]1C=C(C)CCC1C(C)(C)O2. The largest absolute Gasteiger partial charge is 0.507 e. The maximum atomic E-state index is 11.9. The highest BCUT2D eigenvalue weighted by molar-refractivity contribution is 5.98. The third-order valence-corrected chi connectivity index (χ3v) is 11.1. The molecule has 8 nitrogen and oxygen atoms in total. The maximum Gasteiger partial charge on any atom is 0.339 e. The van der Waals surface area contributed by atoms with Gasteiger partial charge in [-0.25, -0.2) is 9.59 Å². The molecule has 0 radical (unpaired) electrons. The summed E-state index contributed by atoms with van der Waals surface area (Å²) in [4.78, 5) is 23.8. The van der Waals surface area contributed by atoms with Crippen molar-refractivity contribution in [1.82, 2.24) is 0 Å².